The van der Waals surface area contributed by atoms with Gasteiger partial charge in [0.2, 0.25) is 0 Å². The van der Waals surface area contributed by atoms with Crippen LogP contribution in [-0.4, -0.2) is 20.5 Å². The topological polar surface area (TPSA) is 43.1 Å². The first kappa shape index (κ1) is 16.2. The molecule has 0 N–H and O–H groups in total. The van der Waals surface area contributed by atoms with E-state index in [0.29, 0.717) is 0 Å². The molecule has 4 nitrogen and oxygen atoms in total. The highest BCUT2D eigenvalue weighted by atomic mass is 32.1. The Bertz CT molecular complexity index is 976. The zero-order valence-corrected chi connectivity index (χ0v) is 16.1. The molecule has 0 aliphatic carbocycles. The number of benzene rings is 1. The van der Waals surface area contributed by atoms with E-state index in [1.54, 1.807) is 0 Å². The zero-order chi connectivity index (χ0) is 17.7. The molecule has 25 heavy (non-hydrogen) atoms. The minimum absolute atomic E-state index is 0.0248. The third kappa shape index (κ3) is 2.45. The van der Waals surface area contributed by atoms with Crippen molar-refractivity contribution >= 4 is 17.0 Å². The molecular weight excluding hydrogens is 328 g/mol. The monoisotopic (exact) mass is 350 g/mol. The summed E-state index contributed by atoms with van der Waals surface area (Å²) in [6.07, 6.45) is 0.903. The van der Waals surface area contributed by atoms with Crippen LogP contribution in [0.5, 0.6) is 0 Å². The summed E-state index contributed by atoms with van der Waals surface area (Å²) in [7, 11) is 0. The quantitative estimate of drug-likeness (QED) is 0.662. The smallest absolute Gasteiger partial charge is 0.163 e. The van der Waals surface area contributed by atoms with Crippen molar-refractivity contribution in [1.82, 2.24) is 14.8 Å². The summed E-state index contributed by atoms with van der Waals surface area (Å²) in [6, 6.07) is 8.69. The summed E-state index contributed by atoms with van der Waals surface area (Å²) in [5, 5.41) is 9.99. The second-order valence-corrected chi connectivity index (χ2v) is 7.88. The van der Waals surface area contributed by atoms with E-state index in [1.807, 2.05) is 18.3 Å². The molecule has 0 spiro atoms. The van der Waals surface area contributed by atoms with E-state index in [2.05, 4.69) is 66.7 Å². The van der Waals surface area contributed by atoms with Crippen LogP contribution in [0.3, 0.4) is 0 Å². The molecule has 0 saturated heterocycles. The van der Waals surface area contributed by atoms with Crippen molar-refractivity contribution in [2.75, 3.05) is 0 Å². The van der Waals surface area contributed by atoms with E-state index >= 15 is 0 Å². The summed E-state index contributed by atoms with van der Waals surface area (Å²) in [5.41, 5.74) is 6.04. The second kappa shape index (κ2) is 5.92. The van der Waals surface area contributed by atoms with Crippen molar-refractivity contribution in [2.24, 2.45) is 4.99 Å². The maximum absolute atomic E-state index is 5.16. The molecule has 3 aromatic rings. The molecule has 1 aliphatic heterocycles. The van der Waals surface area contributed by atoms with Gasteiger partial charge in [-0.2, -0.15) is 0 Å². The van der Waals surface area contributed by atoms with Crippen LogP contribution in [0.1, 0.15) is 58.2 Å². The van der Waals surface area contributed by atoms with Gasteiger partial charge in [0.15, 0.2) is 5.82 Å². The number of nitrogens with zero attached hydrogens (tertiary/aromatic N) is 4. The molecule has 128 valence electrons. The number of aryl methyl sites for hydroxylation is 3. The van der Waals surface area contributed by atoms with Gasteiger partial charge in [-0.1, -0.05) is 36.8 Å². The van der Waals surface area contributed by atoms with E-state index in [-0.39, 0.29) is 6.04 Å². The highest BCUT2D eigenvalue weighted by molar-refractivity contribution is 7.15. The fourth-order valence-corrected chi connectivity index (χ4v) is 4.59. The lowest BCUT2D eigenvalue weighted by Crippen LogP contribution is -2.07. The minimum atomic E-state index is 0.0248. The fourth-order valence-electron chi connectivity index (χ4n) is 3.37. The third-order valence-electron chi connectivity index (χ3n) is 4.95. The van der Waals surface area contributed by atoms with Gasteiger partial charge in [0.25, 0.3) is 0 Å². The Kier molecular flexibility index (Phi) is 3.84. The molecule has 4 rings (SSSR count). The Hall–Kier alpha value is -2.27. The standard InChI is InChI=1S/C20H22N4S/c1-6-16-19-23-22-14(5)24(19)20-17(12(3)13(4)25-20)18(21-16)15-9-7-11(2)8-10-15/h7-10,16H,6H2,1-5H3/t16-/m0/s1. The van der Waals surface area contributed by atoms with Crippen molar-refractivity contribution in [3.05, 3.63) is 63.0 Å². The first-order chi connectivity index (χ1) is 12.0. The Morgan fingerprint density at radius 3 is 2.44 bits per heavy atom. The summed E-state index contributed by atoms with van der Waals surface area (Å²) in [4.78, 5) is 6.48. The number of fused-ring (bicyclic) bond motifs is 3. The van der Waals surface area contributed by atoms with Crippen LogP contribution in [0.25, 0.3) is 5.00 Å². The number of aromatic nitrogens is 3. The lowest BCUT2D eigenvalue weighted by Gasteiger charge is -2.10. The predicted molar refractivity (Wildman–Crippen MR) is 103 cm³/mol. The van der Waals surface area contributed by atoms with Gasteiger partial charge in [-0.25, -0.2) is 0 Å². The van der Waals surface area contributed by atoms with Gasteiger partial charge < -0.3 is 0 Å². The molecule has 2 aromatic heterocycles. The normalized spacial score (nSPS) is 16.2. The summed E-state index contributed by atoms with van der Waals surface area (Å²) >= 11 is 1.81. The molecule has 0 bridgehead atoms. The molecule has 0 fully saturated rings. The average Bonchev–Trinajstić information content (AvgIpc) is 3.06. The van der Waals surface area contributed by atoms with Crippen molar-refractivity contribution < 1.29 is 0 Å². The first-order valence-electron chi connectivity index (χ1n) is 8.68. The SMILES string of the molecule is CC[C@@H]1N=C(c2ccc(C)cc2)c2c(sc(C)c2C)-n2c(C)nnc21. The molecule has 0 saturated carbocycles. The Labute approximate surface area is 152 Å². The summed E-state index contributed by atoms with van der Waals surface area (Å²) in [5.74, 6) is 1.88. The highest BCUT2D eigenvalue weighted by Crippen LogP contribution is 2.39. The van der Waals surface area contributed by atoms with Crippen LogP contribution >= 0.6 is 11.3 Å². The van der Waals surface area contributed by atoms with E-state index in [1.165, 1.54) is 32.1 Å². The fraction of sp³-hybridized carbons (Fsp3) is 0.350. The lowest BCUT2D eigenvalue weighted by atomic mass is 9.99. The van der Waals surface area contributed by atoms with E-state index in [4.69, 9.17) is 4.99 Å². The van der Waals surface area contributed by atoms with Gasteiger partial charge in [0.1, 0.15) is 16.9 Å². The first-order valence-corrected chi connectivity index (χ1v) is 9.50. The summed E-state index contributed by atoms with van der Waals surface area (Å²) < 4.78 is 2.21. The van der Waals surface area contributed by atoms with Gasteiger partial charge in [-0.05, 0) is 39.7 Å². The molecule has 0 radical (unpaired) electrons. The molecular formula is C20H22N4S. The van der Waals surface area contributed by atoms with Crippen molar-refractivity contribution in [2.45, 2.75) is 47.1 Å². The lowest BCUT2D eigenvalue weighted by molar-refractivity contribution is 0.641. The van der Waals surface area contributed by atoms with E-state index in [9.17, 15) is 0 Å². The zero-order valence-electron chi connectivity index (χ0n) is 15.3. The van der Waals surface area contributed by atoms with Gasteiger partial charge in [0.05, 0.1) is 5.71 Å². The number of rotatable bonds is 2. The van der Waals surface area contributed by atoms with E-state index in [0.717, 1.165) is 23.8 Å². The Balaban J connectivity index is 2.05. The summed E-state index contributed by atoms with van der Waals surface area (Å²) in [6.45, 7) is 10.7. The van der Waals surface area contributed by atoms with Gasteiger partial charge in [-0.15, -0.1) is 21.5 Å². The minimum Gasteiger partial charge on any atom is -0.273 e. The van der Waals surface area contributed by atoms with Gasteiger partial charge >= 0.3 is 0 Å². The van der Waals surface area contributed by atoms with Crippen LogP contribution < -0.4 is 0 Å². The third-order valence-corrected chi connectivity index (χ3v) is 6.14. The van der Waals surface area contributed by atoms with E-state index < -0.39 is 0 Å². The van der Waals surface area contributed by atoms with Crippen LogP contribution in [0.15, 0.2) is 29.3 Å². The molecule has 0 amide bonds. The maximum atomic E-state index is 5.16. The Morgan fingerprint density at radius 1 is 1.04 bits per heavy atom. The predicted octanol–water partition coefficient (Wildman–Crippen LogP) is 4.86. The van der Waals surface area contributed by atoms with Crippen molar-refractivity contribution in [3.8, 4) is 5.00 Å². The number of hydrogen-bond acceptors (Lipinski definition) is 4. The van der Waals surface area contributed by atoms with Gasteiger partial charge in [0, 0.05) is 16.0 Å². The molecule has 1 aromatic carbocycles. The highest BCUT2D eigenvalue weighted by Gasteiger charge is 2.30. The molecule has 0 unspecified atom stereocenters. The number of aliphatic imine (C=N–C) groups is 1. The average molecular weight is 350 g/mol. The molecule has 1 aliphatic rings. The number of hydrogen-bond donors (Lipinski definition) is 0. The van der Waals surface area contributed by atoms with Crippen LogP contribution in [0.4, 0.5) is 0 Å². The molecule has 1 atom stereocenters. The second-order valence-electron chi connectivity index (χ2n) is 6.67. The maximum Gasteiger partial charge on any atom is 0.163 e. The van der Waals surface area contributed by atoms with Crippen LogP contribution in [0, 0.1) is 27.7 Å². The Morgan fingerprint density at radius 2 is 1.76 bits per heavy atom. The molecule has 3 heterocycles. The molecule has 5 heteroatoms. The number of thiophene rings is 1. The van der Waals surface area contributed by atoms with Crippen LogP contribution in [-0.2, 0) is 0 Å². The largest absolute Gasteiger partial charge is 0.273 e. The van der Waals surface area contributed by atoms with Crippen molar-refractivity contribution in [1.29, 1.82) is 0 Å². The van der Waals surface area contributed by atoms with Crippen molar-refractivity contribution in [3.63, 3.8) is 0 Å². The van der Waals surface area contributed by atoms with Crippen LogP contribution in [0.2, 0.25) is 0 Å². The van der Waals surface area contributed by atoms with Gasteiger partial charge in [-0.3, -0.25) is 9.56 Å².